The standard InChI is InChI=1S/C26H31N5O2/c1-18-17-23(19(2)31(18)24-5-3-4-13-28-24)26(33)29-22-8-6-20(7-9-22)10-14-30-15-11-21(12-16-30)25(27)32/h3-9,13,17,21H,10-12,14-16H2,1-2H3,(H2,27,32)(H,29,33). The molecule has 1 aliphatic rings. The molecule has 172 valence electrons. The second-order valence-corrected chi connectivity index (χ2v) is 8.73. The van der Waals surface area contributed by atoms with E-state index >= 15 is 0 Å². The van der Waals surface area contributed by atoms with Gasteiger partial charge in [-0.1, -0.05) is 18.2 Å². The SMILES string of the molecule is Cc1cc(C(=O)Nc2ccc(CCN3CCC(C(N)=O)CC3)cc2)c(C)n1-c1ccccn1. The number of carbonyl (C=O) groups excluding carboxylic acids is 2. The lowest BCUT2D eigenvalue weighted by Crippen LogP contribution is -2.39. The first-order valence-corrected chi connectivity index (χ1v) is 11.4. The van der Waals surface area contributed by atoms with Gasteiger partial charge in [-0.15, -0.1) is 0 Å². The number of aryl methyl sites for hydroxylation is 1. The summed E-state index contributed by atoms with van der Waals surface area (Å²) >= 11 is 0. The van der Waals surface area contributed by atoms with E-state index in [-0.39, 0.29) is 17.7 Å². The lowest BCUT2D eigenvalue weighted by atomic mass is 9.96. The Bertz CT molecular complexity index is 1110. The molecule has 0 atom stereocenters. The van der Waals surface area contributed by atoms with Crippen LogP contribution in [0.4, 0.5) is 5.69 Å². The summed E-state index contributed by atoms with van der Waals surface area (Å²) in [7, 11) is 0. The Balaban J connectivity index is 1.34. The van der Waals surface area contributed by atoms with Gasteiger partial charge < -0.3 is 20.5 Å². The molecule has 3 heterocycles. The molecular formula is C26H31N5O2. The van der Waals surface area contributed by atoms with Gasteiger partial charge in [0.05, 0.1) is 5.56 Å². The van der Waals surface area contributed by atoms with E-state index < -0.39 is 0 Å². The fraction of sp³-hybridized carbons (Fsp3) is 0.346. The maximum Gasteiger partial charge on any atom is 0.257 e. The Kier molecular flexibility index (Phi) is 6.89. The highest BCUT2D eigenvalue weighted by Crippen LogP contribution is 2.21. The third-order valence-electron chi connectivity index (χ3n) is 6.47. The van der Waals surface area contributed by atoms with Gasteiger partial charge in [-0.25, -0.2) is 4.98 Å². The van der Waals surface area contributed by atoms with Crippen LogP contribution in [0.3, 0.4) is 0 Å². The van der Waals surface area contributed by atoms with E-state index in [0.29, 0.717) is 5.56 Å². The van der Waals surface area contributed by atoms with Gasteiger partial charge in [-0.2, -0.15) is 0 Å². The number of nitrogens with two attached hydrogens (primary N) is 1. The van der Waals surface area contributed by atoms with Crippen molar-refractivity contribution in [2.24, 2.45) is 11.7 Å². The number of benzene rings is 1. The highest BCUT2D eigenvalue weighted by molar-refractivity contribution is 6.05. The van der Waals surface area contributed by atoms with E-state index in [0.717, 1.165) is 61.8 Å². The largest absolute Gasteiger partial charge is 0.369 e. The number of hydrogen-bond donors (Lipinski definition) is 2. The molecule has 1 aliphatic heterocycles. The maximum absolute atomic E-state index is 12.9. The Labute approximate surface area is 194 Å². The van der Waals surface area contributed by atoms with Gasteiger partial charge in [0.2, 0.25) is 5.91 Å². The van der Waals surface area contributed by atoms with Crippen molar-refractivity contribution in [1.82, 2.24) is 14.5 Å². The van der Waals surface area contributed by atoms with Crippen LogP contribution in [0, 0.1) is 19.8 Å². The van der Waals surface area contributed by atoms with E-state index in [1.165, 1.54) is 5.56 Å². The molecule has 0 aliphatic carbocycles. The molecule has 1 saturated heterocycles. The normalized spacial score (nSPS) is 14.8. The van der Waals surface area contributed by atoms with Crippen LogP contribution < -0.4 is 11.1 Å². The maximum atomic E-state index is 12.9. The number of nitrogens with one attached hydrogen (secondary N) is 1. The number of hydrogen-bond acceptors (Lipinski definition) is 4. The van der Waals surface area contributed by atoms with E-state index in [9.17, 15) is 9.59 Å². The van der Waals surface area contributed by atoms with Crippen molar-refractivity contribution in [3.05, 3.63) is 77.2 Å². The van der Waals surface area contributed by atoms with E-state index in [1.54, 1.807) is 6.20 Å². The summed E-state index contributed by atoms with van der Waals surface area (Å²) < 4.78 is 1.99. The average molecular weight is 446 g/mol. The zero-order valence-corrected chi connectivity index (χ0v) is 19.3. The fourth-order valence-electron chi connectivity index (χ4n) is 4.51. The number of carbonyl (C=O) groups is 2. The van der Waals surface area contributed by atoms with Gasteiger partial charge in [0.25, 0.3) is 5.91 Å². The van der Waals surface area contributed by atoms with Crippen molar-refractivity contribution in [2.45, 2.75) is 33.1 Å². The summed E-state index contributed by atoms with van der Waals surface area (Å²) in [5.41, 5.74) is 9.87. The van der Waals surface area contributed by atoms with E-state index in [1.807, 2.05) is 54.8 Å². The van der Waals surface area contributed by atoms with Crippen LogP contribution in [0.15, 0.2) is 54.7 Å². The number of pyridine rings is 1. The molecule has 4 rings (SSSR count). The molecular weight excluding hydrogens is 414 g/mol. The van der Waals surface area contributed by atoms with Crippen LogP contribution in [0.1, 0.15) is 40.2 Å². The second kappa shape index (κ2) is 10.0. The lowest BCUT2D eigenvalue weighted by Gasteiger charge is -2.30. The Hall–Kier alpha value is -3.45. The Morgan fingerprint density at radius 2 is 1.82 bits per heavy atom. The smallest absolute Gasteiger partial charge is 0.257 e. The van der Waals surface area contributed by atoms with Crippen molar-refractivity contribution in [3.8, 4) is 5.82 Å². The number of anilines is 1. The summed E-state index contributed by atoms with van der Waals surface area (Å²) in [6, 6.07) is 15.7. The molecule has 7 nitrogen and oxygen atoms in total. The van der Waals surface area contributed by atoms with Gasteiger partial charge in [0.1, 0.15) is 5.82 Å². The third kappa shape index (κ3) is 5.31. The second-order valence-electron chi connectivity index (χ2n) is 8.73. The van der Waals surface area contributed by atoms with Crippen LogP contribution in [-0.4, -0.2) is 45.9 Å². The summed E-state index contributed by atoms with van der Waals surface area (Å²) in [4.78, 5) is 31.0. The zero-order valence-electron chi connectivity index (χ0n) is 19.3. The first-order valence-electron chi connectivity index (χ1n) is 11.4. The molecule has 7 heteroatoms. The molecule has 0 bridgehead atoms. The van der Waals surface area contributed by atoms with Crippen molar-refractivity contribution in [3.63, 3.8) is 0 Å². The number of likely N-dealkylation sites (tertiary alicyclic amines) is 1. The first kappa shape index (κ1) is 22.7. The van der Waals surface area contributed by atoms with Crippen LogP contribution >= 0.6 is 0 Å². The summed E-state index contributed by atoms with van der Waals surface area (Å²) in [6.45, 7) is 6.70. The number of primary amides is 1. The van der Waals surface area contributed by atoms with Crippen molar-refractivity contribution in [1.29, 1.82) is 0 Å². The molecule has 3 N–H and O–H groups in total. The molecule has 0 radical (unpaired) electrons. The molecule has 1 fully saturated rings. The third-order valence-corrected chi connectivity index (χ3v) is 6.47. The van der Waals surface area contributed by atoms with Crippen molar-refractivity contribution < 1.29 is 9.59 Å². The topological polar surface area (TPSA) is 93.3 Å². The predicted molar refractivity (Wildman–Crippen MR) is 129 cm³/mol. The molecule has 0 unspecified atom stereocenters. The van der Waals surface area contributed by atoms with Crippen LogP contribution in [-0.2, 0) is 11.2 Å². The minimum Gasteiger partial charge on any atom is -0.369 e. The minimum atomic E-state index is -0.175. The number of amides is 2. The van der Waals surface area contributed by atoms with Gasteiger partial charge in [0, 0.05) is 35.7 Å². The van der Waals surface area contributed by atoms with Crippen molar-refractivity contribution >= 4 is 17.5 Å². The zero-order chi connectivity index (χ0) is 23.4. The Morgan fingerprint density at radius 1 is 1.09 bits per heavy atom. The number of aromatic nitrogens is 2. The van der Waals surface area contributed by atoms with Gasteiger partial charge in [0.15, 0.2) is 0 Å². The molecule has 0 saturated carbocycles. The molecule has 3 aromatic rings. The fourth-order valence-corrected chi connectivity index (χ4v) is 4.51. The average Bonchev–Trinajstić information content (AvgIpc) is 3.13. The van der Waals surface area contributed by atoms with E-state index in [4.69, 9.17) is 5.73 Å². The van der Waals surface area contributed by atoms with Gasteiger partial charge in [-0.05, 0) is 82.1 Å². The quantitative estimate of drug-likeness (QED) is 0.582. The minimum absolute atomic E-state index is 0.0254. The van der Waals surface area contributed by atoms with Gasteiger partial charge >= 0.3 is 0 Å². The van der Waals surface area contributed by atoms with Gasteiger partial charge in [-0.3, -0.25) is 9.59 Å². The monoisotopic (exact) mass is 445 g/mol. The van der Waals surface area contributed by atoms with Crippen LogP contribution in [0.5, 0.6) is 0 Å². The molecule has 1 aromatic carbocycles. The van der Waals surface area contributed by atoms with Crippen molar-refractivity contribution in [2.75, 3.05) is 25.0 Å². The molecule has 2 amide bonds. The molecule has 33 heavy (non-hydrogen) atoms. The van der Waals surface area contributed by atoms with Crippen LogP contribution in [0.25, 0.3) is 5.82 Å². The van der Waals surface area contributed by atoms with Crippen LogP contribution in [0.2, 0.25) is 0 Å². The first-order chi connectivity index (χ1) is 15.9. The van der Waals surface area contributed by atoms with E-state index in [2.05, 4.69) is 27.3 Å². The highest BCUT2D eigenvalue weighted by atomic mass is 16.2. The number of rotatable bonds is 7. The predicted octanol–water partition coefficient (Wildman–Crippen LogP) is 3.48. The summed E-state index contributed by atoms with van der Waals surface area (Å²) in [6.07, 6.45) is 4.38. The number of piperidine rings is 1. The number of nitrogens with zero attached hydrogens (tertiary/aromatic N) is 3. The Morgan fingerprint density at radius 3 is 2.45 bits per heavy atom. The highest BCUT2D eigenvalue weighted by Gasteiger charge is 2.22. The molecule has 2 aromatic heterocycles. The molecule has 0 spiro atoms. The summed E-state index contributed by atoms with van der Waals surface area (Å²) in [5.74, 6) is 0.522. The lowest BCUT2D eigenvalue weighted by molar-refractivity contribution is -0.123. The summed E-state index contributed by atoms with van der Waals surface area (Å²) in [5, 5.41) is 3.01.